The van der Waals surface area contributed by atoms with Crippen LogP contribution in [0.3, 0.4) is 0 Å². The molecular weight excluding hydrogens is 749 g/mol. The van der Waals surface area contributed by atoms with Crippen molar-refractivity contribution in [2.45, 2.75) is 37.6 Å². The summed E-state index contributed by atoms with van der Waals surface area (Å²) in [6.45, 7) is 0. The van der Waals surface area contributed by atoms with E-state index in [2.05, 4.69) is 204 Å². The molecule has 2 atom stereocenters. The Labute approximate surface area is 362 Å². The van der Waals surface area contributed by atoms with Crippen molar-refractivity contribution in [3.63, 3.8) is 0 Å². The Bertz CT molecular complexity index is 3500. The van der Waals surface area contributed by atoms with E-state index in [0.29, 0.717) is 0 Å². The second kappa shape index (κ2) is 13.0. The molecule has 0 amide bonds. The van der Waals surface area contributed by atoms with Crippen molar-refractivity contribution in [1.82, 2.24) is 4.57 Å². The minimum absolute atomic E-state index is 0.177. The maximum atomic E-state index is 2.59. The van der Waals surface area contributed by atoms with Gasteiger partial charge in [-0.05, 0) is 145 Å². The van der Waals surface area contributed by atoms with E-state index in [-0.39, 0.29) is 12.0 Å². The summed E-state index contributed by atoms with van der Waals surface area (Å²) in [6, 6.07) is 62.2. The molecule has 0 radical (unpaired) electrons. The summed E-state index contributed by atoms with van der Waals surface area (Å²) in [7, 11) is 0. The number of hydrogen-bond donors (Lipinski definition) is 0. The lowest BCUT2D eigenvalue weighted by Gasteiger charge is -2.32. The van der Waals surface area contributed by atoms with Crippen LogP contribution in [0.15, 0.2) is 188 Å². The van der Waals surface area contributed by atoms with Gasteiger partial charge < -0.3 is 9.47 Å². The molecule has 9 aromatic rings. The molecule has 62 heavy (non-hydrogen) atoms. The largest absolute Gasteiger partial charge is 0.333 e. The average molecular weight is 791 g/mol. The Kier molecular flexibility index (Phi) is 7.22. The summed E-state index contributed by atoms with van der Waals surface area (Å²) in [5, 5.41) is 3.86. The quantitative estimate of drug-likeness (QED) is 0.172. The fourth-order valence-corrected chi connectivity index (χ4v) is 12.1. The summed E-state index contributed by atoms with van der Waals surface area (Å²) >= 11 is 0. The van der Waals surface area contributed by atoms with Gasteiger partial charge in [0.2, 0.25) is 0 Å². The van der Waals surface area contributed by atoms with E-state index >= 15 is 0 Å². The topological polar surface area (TPSA) is 8.17 Å². The Morgan fingerprint density at radius 3 is 1.95 bits per heavy atom. The number of fused-ring (bicyclic) bond motifs is 13. The van der Waals surface area contributed by atoms with Gasteiger partial charge in [-0.2, -0.15) is 0 Å². The van der Waals surface area contributed by atoms with E-state index in [9.17, 15) is 0 Å². The zero-order valence-electron chi connectivity index (χ0n) is 34.4. The van der Waals surface area contributed by atoms with Gasteiger partial charge in [0, 0.05) is 39.6 Å². The molecule has 0 saturated heterocycles. The SMILES string of the molecule is C1=CC2C(C(c3cccc4c3-c3ccccc3C4)=C1)c1ccccc1N2c1ccc2cc(-n3c4c(c5c(-c6cccc7c6-c6ccccc6C7)cccc53)C=CCC4)ccc2c1. The lowest BCUT2D eigenvalue weighted by molar-refractivity contribution is 0.759. The van der Waals surface area contributed by atoms with Crippen LogP contribution in [-0.4, -0.2) is 10.6 Å². The molecule has 0 spiro atoms. The predicted octanol–water partition coefficient (Wildman–Crippen LogP) is 14.8. The molecule has 4 aliphatic carbocycles. The molecule has 14 rings (SSSR count). The third-order valence-electron chi connectivity index (χ3n) is 14.6. The Hall–Kier alpha value is -7.42. The molecule has 0 N–H and O–H groups in total. The van der Waals surface area contributed by atoms with Gasteiger partial charge in [0.05, 0.1) is 11.6 Å². The van der Waals surface area contributed by atoms with Gasteiger partial charge in [0.15, 0.2) is 0 Å². The van der Waals surface area contributed by atoms with E-state index in [1.807, 2.05) is 0 Å². The van der Waals surface area contributed by atoms with Crippen LogP contribution in [0.25, 0.3) is 72.4 Å². The van der Waals surface area contributed by atoms with Crippen LogP contribution in [0, 0.1) is 0 Å². The minimum atomic E-state index is 0.177. The molecular formula is C60H42N2. The zero-order valence-corrected chi connectivity index (χ0v) is 34.4. The van der Waals surface area contributed by atoms with E-state index < -0.39 is 0 Å². The molecule has 0 saturated carbocycles. The number of anilines is 2. The average Bonchev–Trinajstić information content (AvgIpc) is 4.09. The second-order valence-electron chi connectivity index (χ2n) is 17.8. The number of aromatic nitrogens is 1. The van der Waals surface area contributed by atoms with Crippen molar-refractivity contribution in [3.05, 3.63) is 233 Å². The summed E-state index contributed by atoms with van der Waals surface area (Å²) in [5.74, 6) is 0.229. The summed E-state index contributed by atoms with van der Waals surface area (Å²) < 4.78 is 2.56. The summed E-state index contributed by atoms with van der Waals surface area (Å²) in [4.78, 5) is 2.59. The first kappa shape index (κ1) is 34.3. The Balaban J connectivity index is 0.864. The molecule has 2 heterocycles. The number of allylic oxidation sites excluding steroid dienone is 3. The van der Waals surface area contributed by atoms with Crippen LogP contribution in [0.1, 0.15) is 57.0 Å². The first-order valence-corrected chi connectivity index (χ1v) is 22.3. The molecule has 2 unspecified atom stereocenters. The van der Waals surface area contributed by atoms with E-state index in [1.54, 1.807) is 0 Å². The highest BCUT2D eigenvalue weighted by Crippen LogP contribution is 2.55. The van der Waals surface area contributed by atoms with Gasteiger partial charge in [0.25, 0.3) is 0 Å². The van der Waals surface area contributed by atoms with Crippen LogP contribution in [0.5, 0.6) is 0 Å². The normalized spacial score (nSPS) is 17.4. The number of benzene rings is 8. The fraction of sp³-hybridized carbons (Fsp3) is 0.100. The van der Waals surface area contributed by atoms with Crippen LogP contribution in [0.4, 0.5) is 11.4 Å². The number of para-hydroxylation sites is 1. The smallest absolute Gasteiger partial charge is 0.0635 e. The van der Waals surface area contributed by atoms with Gasteiger partial charge in [-0.3, -0.25) is 0 Å². The van der Waals surface area contributed by atoms with Crippen molar-refractivity contribution in [3.8, 4) is 39.1 Å². The van der Waals surface area contributed by atoms with Gasteiger partial charge in [-0.25, -0.2) is 0 Å². The highest BCUT2D eigenvalue weighted by Gasteiger charge is 2.42. The number of rotatable bonds is 4. The minimum Gasteiger partial charge on any atom is -0.333 e. The molecule has 0 bridgehead atoms. The van der Waals surface area contributed by atoms with E-state index in [1.165, 1.54) is 122 Å². The molecule has 1 aliphatic heterocycles. The highest BCUT2D eigenvalue weighted by molar-refractivity contribution is 6.07. The molecule has 5 aliphatic rings. The van der Waals surface area contributed by atoms with Crippen LogP contribution < -0.4 is 4.90 Å². The molecule has 2 heteroatoms. The van der Waals surface area contributed by atoms with Gasteiger partial charge >= 0.3 is 0 Å². The molecule has 292 valence electrons. The van der Waals surface area contributed by atoms with E-state index in [4.69, 9.17) is 0 Å². The summed E-state index contributed by atoms with van der Waals surface area (Å²) in [5.41, 5.74) is 25.9. The van der Waals surface area contributed by atoms with Crippen molar-refractivity contribution in [2.24, 2.45) is 0 Å². The zero-order chi connectivity index (χ0) is 40.5. The maximum Gasteiger partial charge on any atom is 0.0635 e. The second-order valence-corrected chi connectivity index (χ2v) is 17.8. The number of hydrogen-bond acceptors (Lipinski definition) is 1. The molecule has 8 aromatic carbocycles. The summed E-state index contributed by atoms with van der Waals surface area (Å²) in [6.07, 6.45) is 15.9. The highest BCUT2D eigenvalue weighted by atomic mass is 15.2. The standard InChI is InChI=1S/C60H42N2/c1-3-17-45-39(13-1)33-41-15-9-21-47(57(41)45)49-23-11-27-55-59(49)51-19-5-7-25-53(51)61(55)43-31-29-38-36-44(32-30-37(38)35-43)62-54-26-8-6-20-52(54)60-50(24-12-28-56(60)62)48-22-10-16-42-34-40-14-2-4-18-46(40)58(42)48/h1-7,9-25,27-32,35-36,55,59H,8,26,33-34H2. The van der Waals surface area contributed by atoms with E-state index in [0.717, 1.165) is 25.7 Å². The van der Waals surface area contributed by atoms with Crippen molar-refractivity contribution in [1.29, 1.82) is 0 Å². The Morgan fingerprint density at radius 1 is 0.516 bits per heavy atom. The van der Waals surface area contributed by atoms with Gasteiger partial charge in [-0.1, -0.05) is 158 Å². The maximum absolute atomic E-state index is 2.59. The number of nitrogens with zero attached hydrogens (tertiary/aromatic N) is 2. The van der Waals surface area contributed by atoms with Crippen LogP contribution in [0.2, 0.25) is 0 Å². The predicted molar refractivity (Wildman–Crippen MR) is 259 cm³/mol. The van der Waals surface area contributed by atoms with Crippen molar-refractivity contribution in [2.75, 3.05) is 4.90 Å². The molecule has 2 nitrogen and oxygen atoms in total. The molecule has 0 fully saturated rings. The monoisotopic (exact) mass is 790 g/mol. The fourth-order valence-electron chi connectivity index (χ4n) is 12.1. The van der Waals surface area contributed by atoms with Gasteiger partial charge in [0.1, 0.15) is 0 Å². The van der Waals surface area contributed by atoms with Crippen molar-refractivity contribution >= 4 is 44.7 Å². The van der Waals surface area contributed by atoms with Crippen molar-refractivity contribution < 1.29 is 0 Å². The lowest BCUT2D eigenvalue weighted by Crippen LogP contribution is -2.30. The lowest BCUT2D eigenvalue weighted by atomic mass is 9.78. The molecule has 1 aromatic heterocycles. The van der Waals surface area contributed by atoms with Gasteiger partial charge in [-0.15, -0.1) is 0 Å². The third kappa shape index (κ3) is 4.81. The Morgan fingerprint density at radius 2 is 1.15 bits per heavy atom. The first-order chi connectivity index (χ1) is 30.8. The van der Waals surface area contributed by atoms with Crippen LogP contribution >= 0.6 is 0 Å². The first-order valence-electron chi connectivity index (χ1n) is 22.3. The van der Waals surface area contributed by atoms with Crippen LogP contribution in [-0.2, 0) is 19.3 Å². The third-order valence-corrected chi connectivity index (χ3v) is 14.6.